The first-order valence-electron chi connectivity index (χ1n) is 4.73. The molecule has 2 N–H and O–H groups in total. The van der Waals surface area contributed by atoms with Crippen molar-refractivity contribution >= 4 is 15.7 Å². The van der Waals surface area contributed by atoms with Crippen molar-refractivity contribution in [2.24, 2.45) is 5.73 Å². The van der Waals surface area contributed by atoms with Crippen LogP contribution in [0.3, 0.4) is 0 Å². The third kappa shape index (κ3) is 1.76. The Labute approximate surface area is 83.2 Å². The third-order valence-corrected chi connectivity index (χ3v) is 4.59. The second kappa shape index (κ2) is 3.20. The molecular formula is C8H14N2O3S. The number of carbonyl (C=O) groups excluding carboxylic acids is 1. The molecule has 6 heteroatoms. The zero-order valence-corrected chi connectivity index (χ0v) is 8.66. The Bertz CT molecular complexity index is 352. The number of hydrogen-bond donors (Lipinski definition) is 1. The lowest BCUT2D eigenvalue weighted by Gasteiger charge is -2.22. The van der Waals surface area contributed by atoms with Crippen molar-refractivity contribution in [1.29, 1.82) is 0 Å². The van der Waals surface area contributed by atoms with Crippen LogP contribution in [0, 0.1) is 0 Å². The summed E-state index contributed by atoms with van der Waals surface area (Å²) in [6.07, 6.45) is 0.928. The summed E-state index contributed by atoms with van der Waals surface area (Å²) >= 11 is 0. The molecule has 2 unspecified atom stereocenters. The average molecular weight is 218 g/mol. The Morgan fingerprint density at radius 1 is 1.43 bits per heavy atom. The van der Waals surface area contributed by atoms with E-state index in [-0.39, 0.29) is 29.5 Å². The van der Waals surface area contributed by atoms with Gasteiger partial charge in [-0.1, -0.05) is 0 Å². The van der Waals surface area contributed by atoms with Gasteiger partial charge in [0.1, 0.15) is 0 Å². The summed E-state index contributed by atoms with van der Waals surface area (Å²) in [5.41, 5.74) is 5.64. The van der Waals surface area contributed by atoms with Crippen molar-refractivity contribution in [2.45, 2.75) is 24.9 Å². The van der Waals surface area contributed by atoms with E-state index in [2.05, 4.69) is 0 Å². The molecule has 0 spiro atoms. The molecule has 14 heavy (non-hydrogen) atoms. The molecule has 2 atom stereocenters. The summed E-state index contributed by atoms with van der Waals surface area (Å²) in [7, 11) is -2.91. The van der Waals surface area contributed by atoms with Gasteiger partial charge in [-0.15, -0.1) is 0 Å². The summed E-state index contributed by atoms with van der Waals surface area (Å²) in [6.45, 7) is 0.513. The van der Waals surface area contributed by atoms with Gasteiger partial charge in [-0.25, -0.2) is 8.42 Å². The van der Waals surface area contributed by atoms with E-state index in [1.807, 2.05) is 0 Å². The van der Waals surface area contributed by atoms with Gasteiger partial charge < -0.3 is 10.6 Å². The third-order valence-electron chi connectivity index (χ3n) is 2.84. The Hall–Kier alpha value is -0.620. The molecule has 0 saturated carbocycles. The van der Waals surface area contributed by atoms with Gasteiger partial charge >= 0.3 is 0 Å². The SMILES string of the molecule is NC1CC(=O)N(C2CCS(=O)(=O)C2)C1. The first-order chi connectivity index (χ1) is 6.48. The highest BCUT2D eigenvalue weighted by Gasteiger charge is 2.38. The Morgan fingerprint density at radius 2 is 2.14 bits per heavy atom. The number of nitrogens with zero attached hydrogens (tertiary/aromatic N) is 1. The van der Waals surface area contributed by atoms with Crippen molar-refractivity contribution < 1.29 is 13.2 Å². The second-order valence-electron chi connectivity index (χ2n) is 4.07. The zero-order chi connectivity index (χ0) is 10.3. The quantitative estimate of drug-likeness (QED) is 0.595. The predicted molar refractivity (Wildman–Crippen MR) is 51.4 cm³/mol. The largest absolute Gasteiger partial charge is 0.337 e. The van der Waals surface area contributed by atoms with Crippen molar-refractivity contribution in [3.05, 3.63) is 0 Å². The van der Waals surface area contributed by atoms with Crippen LogP contribution < -0.4 is 5.73 Å². The number of hydrogen-bond acceptors (Lipinski definition) is 4. The predicted octanol–water partition coefficient (Wildman–Crippen LogP) is -1.27. The number of sulfone groups is 1. The highest BCUT2D eigenvalue weighted by molar-refractivity contribution is 7.91. The Kier molecular flexibility index (Phi) is 2.27. The maximum absolute atomic E-state index is 11.4. The molecule has 0 bridgehead atoms. The van der Waals surface area contributed by atoms with Crippen LogP contribution in [-0.4, -0.2) is 49.4 Å². The molecule has 2 heterocycles. The minimum absolute atomic E-state index is 0.000370. The topological polar surface area (TPSA) is 80.5 Å². The molecule has 1 amide bonds. The maximum atomic E-state index is 11.4. The van der Waals surface area contributed by atoms with E-state index < -0.39 is 9.84 Å². The average Bonchev–Trinajstić information content (AvgIpc) is 2.55. The Morgan fingerprint density at radius 3 is 2.57 bits per heavy atom. The van der Waals surface area contributed by atoms with Crippen LogP contribution in [-0.2, 0) is 14.6 Å². The molecule has 80 valence electrons. The van der Waals surface area contributed by atoms with Crippen LogP contribution in [0.5, 0.6) is 0 Å². The fourth-order valence-corrected chi connectivity index (χ4v) is 3.87. The summed E-state index contributed by atoms with van der Waals surface area (Å²) in [4.78, 5) is 13.1. The molecule has 2 aliphatic heterocycles. The van der Waals surface area contributed by atoms with Gasteiger partial charge in [0, 0.05) is 25.0 Å². The first kappa shape index (κ1) is 9.92. The highest BCUT2D eigenvalue weighted by atomic mass is 32.2. The molecule has 2 rings (SSSR count). The van der Waals surface area contributed by atoms with Gasteiger partial charge in [0.2, 0.25) is 5.91 Å². The van der Waals surface area contributed by atoms with Gasteiger partial charge in [-0.2, -0.15) is 0 Å². The van der Waals surface area contributed by atoms with Gasteiger partial charge in [0.15, 0.2) is 9.84 Å². The smallest absolute Gasteiger partial charge is 0.224 e. The van der Waals surface area contributed by atoms with Crippen molar-refractivity contribution in [3.63, 3.8) is 0 Å². The molecule has 2 fully saturated rings. The minimum Gasteiger partial charge on any atom is -0.337 e. The molecule has 0 aromatic heterocycles. The lowest BCUT2D eigenvalue weighted by molar-refractivity contribution is -0.129. The van der Waals surface area contributed by atoms with Crippen LogP contribution in [0.1, 0.15) is 12.8 Å². The summed E-state index contributed by atoms with van der Waals surface area (Å²) in [5.74, 6) is 0.321. The maximum Gasteiger partial charge on any atom is 0.224 e. The molecule has 0 radical (unpaired) electrons. The number of carbonyl (C=O) groups is 1. The summed E-state index contributed by atoms with van der Waals surface area (Å²) in [5, 5.41) is 0. The van der Waals surface area contributed by atoms with Gasteiger partial charge in [-0.05, 0) is 6.42 Å². The number of amides is 1. The summed E-state index contributed by atoms with van der Waals surface area (Å²) < 4.78 is 22.4. The van der Waals surface area contributed by atoms with Crippen LogP contribution in [0.15, 0.2) is 0 Å². The fourth-order valence-electron chi connectivity index (χ4n) is 2.13. The number of likely N-dealkylation sites (tertiary alicyclic amines) is 1. The normalized spacial score (nSPS) is 36.6. The van der Waals surface area contributed by atoms with Gasteiger partial charge in [-0.3, -0.25) is 4.79 Å². The lowest BCUT2D eigenvalue weighted by atomic mass is 10.2. The molecule has 2 aliphatic rings. The lowest BCUT2D eigenvalue weighted by Crippen LogP contribution is -2.38. The van der Waals surface area contributed by atoms with Crippen molar-refractivity contribution in [1.82, 2.24) is 4.90 Å². The van der Waals surface area contributed by atoms with Gasteiger partial charge in [0.25, 0.3) is 0 Å². The van der Waals surface area contributed by atoms with E-state index >= 15 is 0 Å². The molecule has 0 aromatic carbocycles. The minimum atomic E-state index is -2.91. The second-order valence-corrected chi connectivity index (χ2v) is 6.30. The molecular weight excluding hydrogens is 204 g/mol. The number of nitrogens with two attached hydrogens (primary N) is 1. The van der Waals surface area contributed by atoms with E-state index in [0.29, 0.717) is 19.4 Å². The van der Waals surface area contributed by atoms with E-state index in [1.165, 1.54) is 0 Å². The monoisotopic (exact) mass is 218 g/mol. The Balaban J connectivity index is 2.07. The first-order valence-corrected chi connectivity index (χ1v) is 6.55. The van der Waals surface area contributed by atoms with Crippen LogP contribution in [0.25, 0.3) is 0 Å². The van der Waals surface area contributed by atoms with Crippen LogP contribution >= 0.6 is 0 Å². The van der Waals surface area contributed by atoms with Crippen molar-refractivity contribution in [3.8, 4) is 0 Å². The zero-order valence-electron chi connectivity index (χ0n) is 7.85. The van der Waals surface area contributed by atoms with Crippen LogP contribution in [0.2, 0.25) is 0 Å². The molecule has 0 aromatic rings. The molecule has 0 aliphatic carbocycles. The summed E-state index contributed by atoms with van der Waals surface area (Å²) in [6, 6.07) is -0.244. The molecule has 2 saturated heterocycles. The molecule has 5 nitrogen and oxygen atoms in total. The van der Waals surface area contributed by atoms with Gasteiger partial charge in [0.05, 0.1) is 11.5 Å². The number of rotatable bonds is 1. The van der Waals surface area contributed by atoms with E-state index in [0.717, 1.165) is 0 Å². The van der Waals surface area contributed by atoms with E-state index in [4.69, 9.17) is 5.73 Å². The fraction of sp³-hybridized carbons (Fsp3) is 0.875. The van der Waals surface area contributed by atoms with E-state index in [1.54, 1.807) is 4.90 Å². The highest BCUT2D eigenvalue weighted by Crippen LogP contribution is 2.22. The van der Waals surface area contributed by atoms with Crippen molar-refractivity contribution in [2.75, 3.05) is 18.1 Å². The standard InChI is InChI=1S/C8H14N2O3S/c9-6-3-8(11)10(4-6)7-1-2-14(12,13)5-7/h6-7H,1-5,9H2. The van der Waals surface area contributed by atoms with E-state index in [9.17, 15) is 13.2 Å². The van der Waals surface area contributed by atoms with Crippen LogP contribution in [0.4, 0.5) is 0 Å².